The highest BCUT2D eigenvalue weighted by molar-refractivity contribution is 5.50. The molecule has 1 aromatic rings. The van der Waals surface area contributed by atoms with Crippen LogP contribution in [0, 0.1) is 0 Å². The van der Waals surface area contributed by atoms with Crippen molar-refractivity contribution in [3.8, 4) is 0 Å². The Morgan fingerprint density at radius 1 is 1.38 bits per heavy atom. The van der Waals surface area contributed by atoms with E-state index in [2.05, 4.69) is 4.98 Å². The molecule has 2 nitrogen and oxygen atoms in total. The van der Waals surface area contributed by atoms with Crippen molar-refractivity contribution >= 4 is 6.08 Å². The fourth-order valence-electron chi connectivity index (χ4n) is 1.17. The Balaban J connectivity index is 2.92. The Bertz CT molecular complexity index is 370. The van der Waals surface area contributed by atoms with Gasteiger partial charge in [0.25, 0.3) is 0 Å². The maximum Gasteiger partial charge on any atom is 0.418 e. The SMILES string of the molecule is CN(C)C/C=C/c1ncccc1C(F)(F)F. The molecule has 0 radical (unpaired) electrons. The number of nitrogens with zero attached hydrogens (tertiary/aromatic N) is 2. The van der Waals surface area contributed by atoms with Gasteiger partial charge in [0.15, 0.2) is 0 Å². The Kier molecular flexibility index (Phi) is 4.06. The van der Waals surface area contributed by atoms with Crippen LogP contribution in [0.2, 0.25) is 0 Å². The molecule has 1 aromatic heterocycles. The summed E-state index contributed by atoms with van der Waals surface area (Å²) in [6, 6.07) is 2.31. The van der Waals surface area contributed by atoms with Crippen LogP contribution >= 0.6 is 0 Å². The Labute approximate surface area is 92.4 Å². The molecule has 0 aliphatic heterocycles. The van der Waals surface area contributed by atoms with Gasteiger partial charge in [0, 0.05) is 12.7 Å². The van der Waals surface area contributed by atoms with Crippen molar-refractivity contribution in [3.63, 3.8) is 0 Å². The first-order chi connectivity index (χ1) is 7.41. The number of alkyl halides is 3. The zero-order chi connectivity index (χ0) is 12.2. The number of hydrogen-bond donors (Lipinski definition) is 0. The Hall–Kier alpha value is -1.36. The quantitative estimate of drug-likeness (QED) is 0.793. The molecule has 1 rings (SSSR count). The highest BCUT2D eigenvalue weighted by Crippen LogP contribution is 2.31. The Morgan fingerprint density at radius 3 is 2.62 bits per heavy atom. The topological polar surface area (TPSA) is 16.1 Å². The molecule has 5 heteroatoms. The number of likely N-dealkylation sites (N-methyl/N-ethyl adjacent to an activating group) is 1. The van der Waals surface area contributed by atoms with Crippen LogP contribution < -0.4 is 0 Å². The highest BCUT2D eigenvalue weighted by atomic mass is 19.4. The van der Waals surface area contributed by atoms with Crippen molar-refractivity contribution in [1.29, 1.82) is 0 Å². The van der Waals surface area contributed by atoms with Crippen molar-refractivity contribution in [1.82, 2.24) is 9.88 Å². The van der Waals surface area contributed by atoms with E-state index in [1.165, 1.54) is 18.3 Å². The fraction of sp³-hybridized carbons (Fsp3) is 0.364. The molecule has 16 heavy (non-hydrogen) atoms. The van der Waals surface area contributed by atoms with Crippen LogP contribution in [-0.4, -0.2) is 30.5 Å². The number of hydrogen-bond acceptors (Lipinski definition) is 2. The molecule has 0 saturated heterocycles. The van der Waals surface area contributed by atoms with Gasteiger partial charge in [-0.15, -0.1) is 0 Å². The van der Waals surface area contributed by atoms with E-state index in [1.54, 1.807) is 6.08 Å². The first kappa shape index (κ1) is 12.7. The summed E-state index contributed by atoms with van der Waals surface area (Å²) in [6.07, 6.45) is 0.0387. The van der Waals surface area contributed by atoms with E-state index in [4.69, 9.17) is 0 Å². The molecule has 0 spiro atoms. The third-order valence-electron chi connectivity index (χ3n) is 1.89. The van der Waals surface area contributed by atoms with Crippen molar-refractivity contribution in [2.24, 2.45) is 0 Å². The second-order valence-corrected chi connectivity index (χ2v) is 3.60. The van der Waals surface area contributed by atoms with E-state index >= 15 is 0 Å². The maximum absolute atomic E-state index is 12.5. The molecule has 88 valence electrons. The van der Waals surface area contributed by atoms with Gasteiger partial charge in [-0.2, -0.15) is 13.2 Å². The zero-order valence-corrected chi connectivity index (χ0v) is 9.12. The van der Waals surface area contributed by atoms with Gasteiger partial charge < -0.3 is 4.90 Å². The molecule has 0 fully saturated rings. The molecular formula is C11H13F3N2. The lowest BCUT2D eigenvalue weighted by Gasteiger charge is -2.09. The van der Waals surface area contributed by atoms with Crippen LogP contribution in [0.4, 0.5) is 13.2 Å². The summed E-state index contributed by atoms with van der Waals surface area (Å²) in [7, 11) is 3.68. The molecule has 0 N–H and O–H groups in total. The minimum absolute atomic E-state index is 0.0446. The predicted octanol–water partition coefficient (Wildman–Crippen LogP) is 2.68. The maximum atomic E-state index is 12.5. The van der Waals surface area contributed by atoms with Crippen LogP contribution in [0.15, 0.2) is 24.4 Å². The first-order valence-electron chi connectivity index (χ1n) is 4.75. The van der Waals surface area contributed by atoms with E-state index in [0.29, 0.717) is 6.54 Å². The van der Waals surface area contributed by atoms with Crippen LogP contribution in [-0.2, 0) is 6.18 Å². The van der Waals surface area contributed by atoms with Gasteiger partial charge in [-0.05, 0) is 32.3 Å². The summed E-state index contributed by atoms with van der Waals surface area (Å²) in [5.41, 5.74) is -0.748. The van der Waals surface area contributed by atoms with E-state index in [1.807, 2.05) is 19.0 Å². The van der Waals surface area contributed by atoms with Gasteiger partial charge in [-0.3, -0.25) is 4.98 Å². The minimum atomic E-state index is -4.36. The van der Waals surface area contributed by atoms with E-state index < -0.39 is 11.7 Å². The summed E-state index contributed by atoms with van der Waals surface area (Å²) in [4.78, 5) is 5.57. The molecule has 0 aromatic carbocycles. The average Bonchev–Trinajstić information content (AvgIpc) is 2.16. The van der Waals surface area contributed by atoms with Crippen molar-refractivity contribution in [2.45, 2.75) is 6.18 Å². The molecule has 0 amide bonds. The average molecular weight is 230 g/mol. The van der Waals surface area contributed by atoms with E-state index in [0.717, 1.165) is 6.07 Å². The highest BCUT2D eigenvalue weighted by Gasteiger charge is 2.32. The van der Waals surface area contributed by atoms with Crippen LogP contribution in [0.25, 0.3) is 6.08 Å². The summed E-state index contributed by atoms with van der Waals surface area (Å²) in [5.74, 6) is 0. The molecule has 0 unspecified atom stereocenters. The molecule has 0 aliphatic carbocycles. The summed E-state index contributed by atoms with van der Waals surface area (Å²) in [5, 5.41) is 0. The second kappa shape index (κ2) is 5.12. The van der Waals surface area contributed by atoms with Gasteiger partial charge in [-0.1, -0.05) is 6.08 Å². The molecule has 0 bridgehead atoms. The lowest BCUT2D eigenvalue weighted by molar-refractivity contribution is -0.138. The normalized spacial score (nSPS) is 12.6. The van der Waals surface area contributed by atoms with Gasteiger partial charge in [0.05, 0.1) is 11.3 Å². The van der Waals surface area contributed by atoms with Crippen LogP contribution in [0.5, 0.6) is 0 Å². The molecule has 1 heterocycles. The van der Waals surface area contributed by atoms with Gasteiger partial charge in [-0.25, -0.2) is 0 Å². The predicted molar refractivity (Wildman–Crippen MR) is 56.8 cm³/mol. The minimum Gasteiger partial charge on any atom is -0.306 e. The molecule has 0 saturated carbocycles. The number of pyridine rings is 1. The van der Waals surface area contributed by atoms with E-state index in [9.17, 15) is 13.2 Å². The lowest BCUT2D eigenvalue weighted by atomic mass is 10.2. The Morgan fingerprint density at radius 2 is 2.06 bits per heavy atom. The first-order valence-corrected chi connectivity index (χ1v) is 4.75. The van der Waals surface area contributed by atoms with Crippen molar-refractivity contribution in [2.75, 3.05) is 20.6 Å². The standard InChI is InChI=1S/C11H13F3N2/c1-16(2)8-4-6-10-9(11(12,13)14)5-3-7-15-10/h3-7H,8H2,1-2H3/b6-4+. The summed E-state index contributed by atoms with van der Waals surface area (Å²) in [6.45, 7) is 0.577. The van der Waals surface area contributed by atoms with Crippen LogP contribution in [0.1, 0.15) is 11.3 Å². The van der Waals surface area contributed by atoms with Crippen LogP contribution in [0.3, 0.4) is 0 Å². The lowest BCUT2D eigenvalue weighted by Crippen LogP contribution is -2.11. The van der Waals surface area contributed by atoms with Gasteiger partial charge in [0.2, 0.25) is 0 Å². The second-order valence-electron chi connectivity index (χ2n) is 3.60. The molecular weight excluding hydrogens is 217 g/mol. The third-order valence-corrected chi connectivity index (χ3v) is 1.89. The van der Waals surface area contributed by atoms with Crippen molar-refractivity contribution in [3.05, 3.63) is 35.7 Å². The largest absolute Gasteiger partial charge is 0.418 e. The van der Waals surface area contributed by atoms with Crippen molar-refractivity contribution < 1.29 is 13.2 Å². The monoisotopic (exact) mass is 230 g/mol. The summed E-state index contributed by atoms with van der Waals surface area (Å²) >= 11 is 0. The van der Waals surface area contributed by atoms with E-state index in [-0.39, 0.29) is 5.69 Å². The zero-order valence-electron chi connectivity index (χ0n) is 9.12. The number of rotatable bonds is 3. The molecule has 0 atom stereocenters. The smallest absolute Gasteiger partial charge is 0.306 e. The fourth-order valence-corrected chi connectivity index (χ4v) is 1.17. The third kappa shape index (κ3) is 3.66. The van der Waals surface area contributed by atoms with Gasteiger partial charge in [0.1, 0.15) is 0 Å². The molecule has 0 aliphatic rings. The number of aromatic nitrogens is 1. The van der Waals surface area contributed by atoms with Gasteiger partial charge >= 0.3 is 6.18 Å². The summed E-state index contributed by atoms with van der Waals surface area (Å²) < 4.78 is 37.6. The number of halogens is 3.